The van der Waals surface area contributed by atoms with Crippen LogP contribution in [0.1, 0.15) is 5.56 Å². The Morgan fingerprint density at radius 1 is 0.913 bits per heavy atom. The molecule has 4 nitrogen and oxygen atoms in total. The largest absolute Gasteiger partial charge is 0.497 e. The molecule has 0 amide bonds. The first-order chi connectivity index (χ1) is 11.0. The molecule has 0 aromatic heterocycles. The summed E-state index contributed by atoms with van der Waals surface area (Å²) in [5.41, 5.74) is 1.46. The van der Waals surface area contributed by atoms with Crippen LogP contribution in [0, 0.1) is 6.92 Å². The van der Waals surface area contributed by atoms with Gasteiger partial charge >= 0.3 is 0 Å². The summed E-state index contributed by atoms with van der Waals surface area (Å²) in [4.78, 5) is 0.235. The summed E-state index contributed by atoms with van der Waals surface area (Å²) >= 11 is 0. The number of ether oxygens (including phenoxy) is 1. The van der Waals surface area contributed by atoms with Gasteiger partial charge in [-0.15, -0.1) is 0 Å². The molecule has 1 N–H and O–H groups in total. The van der Waals surface area contributed by atoms with E-state index in [4.69, 9.17) is 4.74 Å². The van der Waals surface area contributed by atoms with Crippen LogP contribution in [0.3, 0.4) is 0 Å². The molecule has 0 bridgehead atoms. The first kappa shape index (κ1) is 15.4. The number of aryl methyl sites for hydroxylation is 1. The monoisotopic (exact) mass is 327 g/mol. The van der Waals surface area contributed by atoms with E-state index in [0.717, 1.165) is 22.1 Å². The smallest absolute Gasteiger partial charge is 0.261 e. The lowest BCUT2D eigenvalue weighted by atomic mass is 10.1. The number of para-hydroxylation sites is 1. The quantitative estimate of drug-likeness (QED) is 0.789. The van der Waals surface area contributed by atoms with Gasteiger partial charge in [-0.2, -0.15) is 0 Å². The highest BCUT2D eigenvalue weighted by molar-refractivity contribution is 7.92. The highest BCUT2D eigenvalue weighted by Gasteiger charge is 2.15. The Morgan fingerprint density at radius 3 is 2.35 bits per heavy atom. The second-order valence-corrected chi connectivity index (χ2v) is 6.98. The zero-order valence-electron chi connectivity index (χ0n) is 12.9. The van der Waals surface area contributed by atoms with Gasteiger partial charge in [-0.05, 0) is 53.6 Å². The third-order valence-electron chi connectivity index (χ3n) is 3.72. The molecule has 0 heterocycles. The number of nitrogens with one attached hydrogen (secondary N) is 1. The van der Waals surface area contributed by atoms with Gasteiger partial charge in [0, 0.05) is 0 Å². The minimum atomic E-state index is -3.62. The van der Waals surface area contributed by atoms with Gasteiger partial charge in [0.05, 0.1) is 17.7 Å². The summed E-state index contributed by atoms with van der Waals surface area (Å²) in [6, 6.07) is 17.9. The summed E-state index contributed by atoms with van der Waals surface area (Å²) in [7, 11) is -2.02. The SMILES string of the molecule is COc1ccc2cc(S(=O)(=O)Nc3ccccc3C)ccc2c1. The van der Waals surface area contributed by atoms with Crippen molar-refractivity contribution in [3.63, 3.8) is 0 Å². The molecule has 3 aromatic rings. The molecule has 118 valence electrons. The zero-order valence-corrected chi connectivity index (χ0v) is 13.7. The van der Waals surface area contributed by atoms with Crippen LogP contribution in [0.15, 0.2) is 65.6 Å². The van der Waals surface area contributed by atoms with Gasteiger partial charge in [0.15, 0.2) is 0 Å². The molecule has 0 aliphatic heterocycles. The Hall–Kier alpha value is -2.53. The van der Waals surface area contributed by atoms with Crippen molar-refractivity contribution in [2.45, 2.75) is 11.8 Å². The number of fused-ring (bicyclic) bond motifs is 1. The molecule has 0 aliphatic carbocycles. The summed E-state index contributed by atoms with van der Waals surface area (Å²) < 4.78 is 33.0. The summed E-state index contributed by atoms with van der Waals surface area (Å²) in [5, 5.41) is 1.78. The van der Waals surface area contributed by atoms with Crippen LogP contribution >= 0.6 is 0 Å². The summed E-state index contributed by atoms with van der Waals surface area (Å²) in [6.45, 7) is 1.87. The second-order valence-electron chi connectivity index (χ2n) is 5.30. The van der Waals surface area contributed by atoms with Crippen LogP contribution in [-0.4, -0.2) is 15.5 Å². The third kappa shape index (κ3) is 3.14. The van der Waals surface area contributed by atoms with Gasteiger partial charge in [-0.25, -0.2) is 8.42 Å². The molecule has 0 saturated heterocycles. The van der Waals surface area contributed by atoms with Crippen LogP contribution in [0.25, 0.3) is 10.8 Å². The molecule has 0 unspecified atom stereocenters. The van der Waals surface area contributed by atoms with E-state index in [1.807, 2.05) is 37.3 Å². The molecule has 0 aliphatic rings. The number of rotatable bonds is 4. The number of hydrogen-bond acceptors (Lipinski definition) is 3. The highest BCUT2D eigenvalue weighted by Crippen LogP contribution is 2.25. The Kier molecular flexibility index (Phi) is 3.96. The van der Waals surface area contributed by atoms with Crippen molar-refractivity contribution in [2.24, 2.45) is 0 Å². The van der Waals surface area contributed by atoms with E-state index in [1.54, 1.807) is 37.4 Å². The Morgan fingerprint density at radius 2 is 1.61 bits per heavy atom. The first-order valence-electron chi connectivity index (χ1n) is 7.16. The lowest BCUT2D eigenvalue weighted by Crippen LogP contribution is -2.13. The van der Waals surface area contributed by atoms with Gasteiger partial charge in [-0.3, -0.25) is 4.72 Å². The number of hydrogen-bond donors (Lipinski definition) is 1. The van der Waals surface area contributed by atoms with E-state index in [2.05, 4.69) is 4.72 Å². The normalized spacial score (nSPS) is 11.4. The van der Waals surface area contributed by atoms with Crippen molar-refractivity contribution in [1.82, 2.24) is 0 Å². The van der Waals surface area contributed by atoms with Crippen LogP contribution in [-0.2, 0) is 10.0 Å². The number of benzene rings is 3. The minimum Gasteiger partial charge on any atom is -0.497 e. The van der Waals surface area contributed by atoms with Crippen molar-refractivity contribution in [3.8, 4) is 5.75 Å². The zero-order chi connectivity index (χ0) is 16.4. The van der Waals surface area contributed by atoms with E-state index >= 15 is 0 Å². The van der Waals surface area contributed by atoms with E-state index < -0.39 is 10.0 Å². The molecule has 0 atom stereocenters. The van der Waals surface area contributed by atoms with Crippen LogP contribution in [0.5, 0.6) is 5.75 Å². The molecule has 23 heavy (non-hydrogen) atoms. The van der Waals surface area contributed by atoms with E-state index in [0.29, 0.717) is 5.69 Å². The van der Waals surface area contributed by atoms with Gasteiger partial charge in [0.2, 0.25) is 0 Å². The topological polar surface area (TPSA) is 55.4 Å². The lowest BCUT2D eigenvalue weighted by Gasteiger charge is -2.11. The second kappa shape index (κ2) is 5.93. The number of sulfonamides is 1. The number of methoxy groups -OCH3 is 1. The van der Waals surface area contributed by atoms with Crippen LogP contribution in [0.2, 0.25) is 0 Å². The molecule has 0 saturated carbocycles. The highest BCUT2D eigenvalue weighted by atomic mass is 32.2. The number of anilines is 1. The molecular weight excluding hydrogens is 310 g/mol. The van der Waals surface area contributed by atoms with Gasteiger partial charge < -0.3 is 4.74 Å². The minimum absolute atomic E-state index is 0.235. The van der Waals surface area contributed by atoms with Crippen LogP contribution < -0.4 is 9.46 Å². The fourth-order valence-electron chi connectivity index (χ4n) is 2.39. The van der Waals surface area contributed by atoms with Gasteiger partial charge in [-0.1, -0.05) is 30.3 Å². The summed E-state index contributed by atoms with van der Waals surface area (Å²) in [6.07, 6.45) is 0. The fraction of sp³-hybridized carbons (Fsp3) is 0.111. The molecule has 0 fully saturated rings. The molecule has 3 rings (SSSR count). The van der Waals surface area contributed by atoms with Crippen molar-refractivity contribution in [2.75, 3.05) is 11.8 Å². The van der Waals surface area contributed by atoms with Crippen molar-refractivity contribution in [3.05, 3.63) is 66.2 Å². The maximum absolute atomic E-state index is 12.6. The van der Waals surface area contributed by atoms with Gasteiger partial charge in [0.25, 0.3) is 10.0 Å². The van der Waals surface area contributed by atoms with E-state index in [-0.39, 0.29) is 4.90 Å². The molecule has 3 aromatic carbocycles. The molecule has 0 spiro atoms. The maximum atomic E-state index is 12.6. The van der Waals surface area contributed by atoms with E-state index in [1.165, 1.54) is 0 Å². The first-order valence-corrected chi connectivity index (χ1v) is 8.64. The molecule has 0 radical (unpaired) electrons. The maximum Gasteiger partial charge on any atom is 0.261 e. The average molecular weight is 327 g/mol. The Labute approximate surface area is 135 Å². The summed E-state index contributed by atoms with van der Waals surface area (Å²) in [5.74, 6) is 0.742. The Bertz CT molecular complexity index is 965. The predicted octanol–water partition coefficient (Wildman–Crippen LogP) is 3.96. The van der Waals surface area contributed by atoms with Crippen molar-refractivity contribution in [1.29, 1.82) is 0 Å². The van der Waals surface area contributed by atoms with Gasteiger partial charge in [0.1, 0.15) is 5.75 Å². The van der Waals surface area contributed by atoms with Crippen LogP contribution in [0.4, 0.5) is 5.69 Å². The molecule has 5 heteroatoms. The van der Waals surface area contributed by atoms with E-state index in [9.17, 15) is 8.42 Å². The standard InChI is InChI=1S/C18H17NO3S/c1-13-5-3-4-6-18(13)19-23(20,21)17-10-8-14-11-16(22-2)9-7-15(14)12-17/h3-12,19H,1-2H3. The van der Waals surface area contributed by atoms with Crippen molar-refractivity contribution >= 4 is 26.5 Å². The predicted molar refractivity (Wildman–Crippen MR) is 92.5 cm³/mol. The third-order valence-corrected chi connectivity index (χ3v) is 5.08. The fourth-order valence-corrected chi connectivity index (χ4v) is 3.55. The molecular formula is C18H17NO3S. The Balaban J connectivity index is 2.00. The van der Waals surface area contributed by atoms with Crippen molar-refractivity contribution < 1.29 is 13.2 Å². The average Bonchev–Trinajstić information content (AvgIpc) is 2.55. The lowest BCUT2D eigenvalue weighted by molar-refractivity contribution is 0.415.